The summed E-state index contributed by atoms with van der Waals surface area (Å²) in [5.41, 5.74) is 0.577. The maximum Gasteiger partial charge on any atom is 0.304 e. The van der Waals surface area contributed by atoms with E-state index < -0.39 is 10.2 Å². The van der Waals surface area contributed by atoms with Crippen LogP contribution in [0.15, 0.2) is 28.7 Å². The molecule has 1 aliphatic rings. The summed E-state index contributed by atoms with van der Waals surface area (Å²) in [5, 5.41) is 9.18. The second-order valence-corrected chi connectivity index (χ2v) is 7.51. The summed E-state index contributed by atoms with van der Waals surface area (Å²) in [5.74, 6) is 0. The normalized spacial score (nSPS) is 17.1. The predicted octanol–water partition coefficient (Wildman–Crippen LogP) is 1.98. The number of hydrogen-bond donors (Lipinski definition) is 1. The van der Waals surface area contributed by atoms with Crippen LogP contribution in [0.1, 0.15) is 19.3 Å². The molecule has 0 saturated carbocycles. The first kappa shape index (κ1) is 15.8. The molecule has 0 aliphatic carbocycles. The average molecular weight is 363 g/mol. The topological polar surface area (TPSA) is 60.9 Å². The fourth-order valence-electron chi connectivity index (χ4n) is 2.31. The van der Waals surface area contributed by atoms with E-state index in [1.807, 2.05) is 0 Å². The maximum atomic E-state index is 12.7. The lowest BCUT2D eigenvalue weighted by Crippen LogP contribution is -2.47. The molecule has 2 rings (SSSR count). The van der Waals surface area contributed by atoms with Gasteiger partial charge in [-0.1, -0.05) is 22.4 Å². The van der Waals surface area contributed by atoms with Crippen molar-refractivity contribution in [2.75, 3.05) is 30.5 Å². The van der Waals surface area contributed by atoms with Crippen molar-refractivity contribution in [1.29, 1.82) is 0 Å². The molecular weight excluding hydrogens is 344 g/mol. The fourth-order valence-corrected chi connectivity index (χ4v) is 4.27. The minimum atomic E-state index is -3.56. The van der Waals surface area contributed by atoms with Crippen LogP contribution in [0, 0.1) is 0 Å². The van der Waals surface area contributed by atoms with E-state index in [0.29, 0.717) is 18.8 Å². The smallest absolute Gasteiger partial charge is 0.304 e. The third-order valence-corrected chi connectivity index (χ3v) is 5.83. The molecule has 20 heavy (non-hydrogen) atoms. The molecule has 0 amide bonds. The van der Waals surface area contributed by atoms with Crippen LogP contribution in [-0.4, -0.2) is 44.1 Å². The summed E-state index contributed by atoms with van der Waals surface area (Å²) in [4.78, 5) is 0. The van der Waals surface area contributed by atoms with Crippen LogP contribution >= 0.6 is 15.9 Å². The summed E-state index contributed by atoms with van der Waals surface area (Å²) in [6.45, 7) is 0.977. The van der Waals surface area contributed by atoms with Gasteiger partial charge in [0.15, 0.2) is 0 Å². The van der Waals surface area contributed by atoms with Crippen LogP contribution in [0.2, 0.25) is 0 Å². The Morgan fingerprint density at radius 2 is 1.75 bits per heavy atom. The first-order valence-corrected chi connectivity index (χ1v) is 8.89. The Kier molecular flexibility index (Phi) is 5.42. The zero-order valence-corrected chi connectivity index (χ0v) is 13.6. The van der Waals surface area contributed by atoms with E-state index in [-0.39, 0.29) is 13.2 Å². The maximum absolute atomic E-state index is 12.7. The Hall–Kier alpha value is -0.630. The van der Waals surface area contributed by atoms with Crippen LogP contribution in [0.4, 0.5) is 5.69 Å². The largest absolute Gasteiger partial charge is 0.394 e. The molecule has 7 heteroatoms. The Morgan fingerprint density at radius 1 is 1.15 bits per heavy atom. The van der Waals surface area contributed by atoms with Gasteiger partial charge < -0.3 is 5.11 Å². The molecule has 1 aromatic rings. The van der Waals surface area contributed by atoms with Crippen molar-refractivity contribution >= 4 is 31.8 Å². The van der Waals surface area contributed by atoms with Crippen molar-refractivity contribution < 1.29 is 13.5 Å². The number of benzene rings is 1. The molecule has 0 aromatic heterocycles. The second kappa shape index (κ2) is 6.89. The lowest BCUT2D eigenvalue weighted by atomic mass is 10.2. The molecular formula is C13H19BrN2O3S. The van der Waals surface area contributed by atoms with Gasteiger partial charge in [-0.25, -0.2) is 0 Å². The van der Waals surface area contributed by atoms with Crippen molar-refractivity contribution in [3.8, 4) is 0 Å². The molecule has 1 aliphatic heterocycles. The number of hydrogen-bond acceptors (Lipinski definition) is 3. The van der Waals surface area contributed by atoms with Crippen molar-refractivity contribution in [3.63, 3.8) is 0 Å². The minimum Gasteiger partial charge on any atom is -0.394 e. The average Bonchev–Trinajstić information content (AvgIpc) is 2.47. The molecule has 0 atom stereocenters. The van der Waals surface area contributed by atoms with Gasteiger partial charge in [0, 0.05) is 17.6 Å². The van der Waals surface area contributed by atoms with Gasteiger partial charge in [-0.15, -0.1) is 0 Å². The standard InChI is InChI=1S/C13H19BrN2O3S/c14-12-4-6-13(7-5-12)16(10-11-17)20(18,19)15-8-2-1-3-9-15/h4-7,17H,1-3,8-11H2. The lowest BCUT2D eigenvalue weighted by molar-refractivity contribution is 0.302. The molecule has 0 unspecified atom stereocenters. The minimum absolute atomic E-state index is 0.0699. The number of anilines is 1. The van der Waals surface area contributed by atoms with Crippen LogP contribution in [0.3, 0.4) is 0 Å². The molecule has 1 saturated heterocycles. The molecule has 1 aromatic carbocycles. The first-order chi connectivity index (χ1) is 9.55. The molecule has 1 fully saturated rings. The Labute approximate surface area is 128 Å². The van der Waals surface area contributed by atoms with E-state index >= 15 is 0 Å². The highest BCUT2D eigenvalue weighted by Gasteiger charge is 2.30. The third-order valence-electron chi connectivity index (χ3n) is 3.34. The predicted molar refractivity (Wildman–Crippen MR) is 82.9 cm³/mol. The molecule has 5 nitrogen and oxygen atoms in total. The summed E-state index contributed by atoms with van der Waals surface area (Å²) >= 11 is 3.33. The monoisotopic (exact) mass is 362 g/mol. The van der Waals surface area contributed by atoms with Crippen LogP contribution in [0.5, 0.6) is 0 Å². The SMILES string of the molecule is O=S(=O)(N1CCCCC1)N(CCO)c1ccc(Br)cc1. The Bertz CT molecular complexity index is 527. The van der Waals surface area contributed by atoms with Crippen LogP contribution in [0.25, 0.3) is 0 Å². The highest BCUT2D eigenvalue weighted by molar-refractivity contribution is 9.10. The van der Waals surface area contributed by atoms with Gasteiger partial charge in [0.25, 0.3) is 0 Å². The fraction of sp³-hybridized carbons (Fsp3) is 0.538. The van der Waals surface area contributed by atoms with E-state index in [0.717, 1.165) is 23.7 Å². The molecule has 1 N–H and O–H groups in total. The van der Waals surface area contributed by atoms with E-state index in [4.69, 9.17) is 0 Å². The van der Waals surface area contributed by atoms with Crippen molar-refractivity contribution in [2.24, 2.45) is 0 Å². The van der Waals surface area contributed by atoms with Gasteiger partial charge in [-0.2, -0.15) is 12.7 Å². The van der Waals surface area contributed by atoms with Crippen molar-refractivity contribution in [2.45, 2.75) is 19.3 Å². The molecule has 112 valence electrons. The summed E-state index contributed by atoms with van der Waals surface area (Å²) < 4.78 is 29.1. The number of aliphatic hydroxyl groups excluding tert-OH is 1. The number of rotatable bonds is 5. The Morgan fingerprint density at radius 3 is 2.30 bits per heavy atom. The zero-order valence-electron chi connectivity index (χ0n) is 11.2. The second-order valence-electron chi connectivity index (χ2n) is 4.74. The highest BCUT2D eigenvalue weighted by Crippen LogP contribution is 2.24. The third kappa shape index (κ3) is 3.52. The van der Waals surface area contributed by atoms with E-state index in [1.165, 1.54) is 8.61 Å². The van der Waals surface area contributed by atoms with Crippen molar-refractivity contribution in [1.82, 2.24) is 4.31 Å². The molecule has 0 spiro atoms. The quantitative estimate of drug-likeness (QED) is 0.870. The Balaban J connectivity index is 2.28. The number of aliphatic hydroxyl groups is 1. The number of nitrogens with zero attached hydrogens (tertiary/aromatic N) is 2. The molecule has 1 heterocycles. The van der Waals surface area contributed by atoms with Crippen LogP contribution < -0.4 is 4.31 Å². The van der Waals surface area contributed by atoms with Gasteiger partial charge in [0.1, 0.15) is 0 Å². The number of piperidine rings is 1. The van der Waals surface area contributed by atoms with Gasteiger partial charge in [0.2, 0.25) is 0 Å². The van der Waals surface area contributed by atoms with E-state index in [9.17, 15) is 13.5 Å². The van der Waals surface area contributed by atoms with E-state index in [2.05, 4.69) is 15.9 Å². The first-order valence-electron chi connectivity index (χ1n) is 6.70. The van der Waals surface area contributed by atoms with Gasteiger partial charge in [0.05, 0.1) is 18.8 Å². The number of halogens is 1. The zero-order chi connectivity index (χ0) is 14.6. The van der Waals surface area contributed by atoms with Gasteiger partial charge in [-0.05, 0) is 37.1 Å². The van der Waals surface area contributed by atoms with E-state index in [1.54, 1.807) is 24.3 Å². The van der Waals surface area contributed by atoms with Gasteiger partial charge in [-0.3, -0.25) is 4.31 Å². The molecule has 0 radical (unpaired) electrons. The van der Waals surface area contributed by atoms with Crippen molar-refractivity contribution in [3.05, 3.63) is 28.7 Å². The highest BCUT2D eigenvalue weighted by atomic mass is 79.9. The molecule has 0 bridgehead atoms. The lowest BCUT2D eigenvalue weighted by Gasteiger charge is -2.33. The van der Waals surface area contributed by atoms with Crippen LogP contribution in [-0.2, 0) is 10.2 Å². The summed E-state index contributed by atoms with van der Waals surface area (Å²) in [6.07, 6.45) is 2.86. The summed E-state index contributed by atoms with van der Waals surface area (Å²) in [6, 6.07) is 7.07. The summed E-state index contributed by atoms with van der Waals surface area (Å²) in [7, 11) is -3.56. The van der Waals surface area contributed by atoms with Gasteiger partial charge >= 0.3 is 10.2 Å².